The second-order valence-corrected chi connectivity index (χ2v) is 20.2. The lowest BCUT2D eigenvalue weighted by molar-refractivity contribution is 0.967. The van der Waals surface area contributed by atoms with Crippen molar-refractivity contribution >= 4 is 69.2 Å². The molecule has 0 N–H and O–H groups in total. The average molecular weight is 831 g/mol. The van der Waals surface area contributed by atoms with Crippen LogP contribution in [0, 0.1) is 0 Å². The zero-order valence-electron chi connectivity index (χ0n) is 34.8. The molecular formula is C60H48P2. The number of hydrogen-bond donors (Lipinski definition) is 0. The van der Waals surface area contributed by atoms with E-state index in [2.05, 4.69) is 243 Å². The summed E-state index contributed by atoms with van der Waals surface area (Å²) in [7, 11) is -2.01. The van der Waals surface area contributed by atoms with Crippen molar-refractivity contribution in [2.45, 2.75) is 25.7 Å². The molecular weight excluding hydrogens is 783 g/mol. The summed E-state index contributed by atoms with van der Waals surface area (Å²) in [4.78, 5) is 0. The summed E-state index contributed by atoms with van der Waals surface area (Å²) >= 11 is 0. The van der Waals surface area contributed by atoms with E-state index in [9.17, 15) is 0 Å². The lowest BCUT2D eigenvalue weighted by Crippen LogP contribution is -2.29. The SMILES string of the molecule is c1ccc(CCc2cc3ccccc3c(-c3c(P(c4ccccc4)c4ccccc4)c(CCc4ccccc4)cc4ccccc34)c2P(c2ccccc2)c2ccccc2)cc1. The van der Waals surface area contributed by atoms with Gasteiger partial charge in [0.1, 0.15) is 0 Å². The van der Waals surface area contributed by atoms with E-state index in [-0.39, 0.29) is 0 Å². The minimum atomic E-state index is -1.01. The Kier molecular flexibility index (Phi) is 12.0. The first kappa shape index (κ1) is 39.7. The highest BCUT2D eigenvalue weighted by molar-refractivity contribution is 7.81. The van der Waals surface area contributed by atoms with Crippen molar-refractivity contribution in [1.29, 1.82) is 0 Å². The molecule has 0 fully saturated rings. The van der Waals surface area contributed by atoms with Crippen LogP contribution >= 0.6 is 15.8 Å². The van der Waals surface area contributed by atoms with E-state index in [1.807, 2.05) is 0 Å². The van der Waals surface area contributed by atoms with Crippen molar-refractivity contribution in [1.82, 2.24) is 0 Å². The predicted octanol–water partition coefficient (Wildman–Crippen LogP) is 12.7. The van der Waals surface area contributed by atoms with Crippen molar-refractivity contribution in [3.8, 4) is 11.1 Å². The third-order valence-corrected chi connectivity index (χ3v) is 17.2. The topological polar surface area (TPSA) is 0 Å². The molecule has 298 valence electrons. The predicted molar refractivity (Wildman–Crippen MR) is 272 cm³/mol. The van der Waals surface area contributed by atoms with Gasteiger partial charge in [0.2, 0.25) is 0 Å². The summed E-state index contributed by atoms with van der Waals surface area (Å²) in [6.45, 7) is 0. The minimum Gasteiger partial charge on any atom is -0.0622 e. The molecule has 0 bridgehead atoms. The lowest BCUT2D eigenvalue weighted by Gasteiger charge is -2.32. The van der Waals surface area contributed by atoms with Crippen LogP contribution in [0.25, 0.3) is 32.7 Å². The Morgan fingerprint density at radius 2 is 0.532 bits per heavy atom. The summed E-state index contributed by atoms with van der Waals surface area (Å²) in [6, 6.07) is 91.1. The van der Waals surface area contributed by atoms with Gasteiger partial charge in [-0.05, 0) is 128 Å². The monoisotopic (exact) mass is 830 g/mol. The van der Waals surface area contributed by atoms with Gasteiger partial charge in [-0.15, -0.1) is 0 Å². The van der Waals surface area contributed by atoms with Gasteiger partial charge in [-0.1, -0.05) is 243 Å². The van der Waals surface area contributed by atoms with Gasteiger partial charge in [0.05, 0.1) is 0 Å². The highest BCUT2D eigenvalue weighted by atomic mass is 31.1. The van der Waals surface area contributed by atoms with E-state index in [1.165, 1.54) is 86.8 Å². The van der Waals surface area contributed by atoms with Gasteiger partial charge in [0, 0.05) is 0 Å². The molecule has 0 aliphatic heterocycles. The second kappa shape index (κ2) is 18.7. The molecule has 0 amide bonds. The summed E-state index contributed by atoms with van der Waals surface area (Å²) < 4.78 is 0. The summed E-state index contributed by atoms with van der Waals surface area (Å²) in [6.07, 6.45) is 3.79. The van der Waals surface area contributed by atoms with Crippen molar-refractivity contribution in [3.63, 3.8) is 0 Å². The third-order valence-electron chi connectivity index (χ3n) is 12.0. The quantitative estimate of drug-likeness (QED) is 0.102. The van der Waals surface area contributed by atoms with E-state index in [1.54, 1.807) is 0 Å². The Balaban J connectivity index is 1.38. The Hall–Kier alpha value is -6.42. The second-order valence-electron chi connectivity index (χ2n) is 15.9. The number of fused-ring (bicyclic) bond motifs is 2. The van der Waals surface area contributed by atoms with Crippen LogP contribution in [-0.2, 0) is 25.7 Å². The molecule has 0 radical (unpaired) electrons. The Bertz CT molecular complexity index is 2750. The lowest BCUT2D eigenvalue weighted by atomic mass is 9.88. The van der Waals surface area contributed by atoms with Gasteiger partial charge >= 0.3 is 0 Å². The molecule has 2 heteroatoms. The largest absolute Gasteiger partial charge is 0.0622 e. The maximum atomic E-state index is 2.54. The van der Waals surface area contributed by atoms with Crippen LogP contribution < -0.4 is 31.8 Å². The van der Waals surface area contributed by atoms with Gasteiger partial charge in [-0.25, -0.2) is 0 Å². The zero-order valence-corrected chi connectivity index (χ0v) is 36.6. The molecule has 0 atom stereocenters. The zero-order chi connectivity index (χ0) is 41.5. The fourth-order valence-electron chi connectivity index (χ4n) is 9.16. The fraction of sp³-hybridized carbons (Fsp3) is 0.0667. The van der Waals surface area contributed by atoms with Gasteiger partial charge in [0.25, 0.3) is 0 Å². The number of aryl methyl sites for hydroxylation is 4. The maximum absolute atomic E-state index is 2.54. The van der Waals surface area contributed by atoms with Crippen molar-refractivity contribution in [3.05, 3.63) is 265 Å². The maximum Gasteiger partial charge on any atom is -0.000595 e. The van der Waals surface area contributed by atoms with E-state index >= 15 is 0 Å². The van der Waals surface area contributed by atoms with Crippen LogP contribution in [0.1, 0.15) is 22.3 Å². The Morgan fingerprint density at radius 1 is 0.258 bits per heavy atom. The van der Waals surface area contributed by atoms with Crippen molar-refractivity contribution in [2.24, 2.45) is 0 Å². The van der Waals surface area contributed by atoms with Crippen LogP contribution in [0.3, 0.4) is 0 Å². The molecule has 0 heterocycles. The summed E-state index contributed by atoms with van der Waals surface area (Å²) in [5, 5.41) is 13.6. The van der Waals surface area contributed by atoms with Crippen LogP contribution in [0.4, 0.5) is 0 Å². The molecule has 62 heavy (non-hydrogen) atoms. The van der Waals surface area contributed by atoms with Crippen LogP contribution in [0.2, 0.25) is 0 Å². The molecule has 0 saturated heterocycles. The molecule has 0 unspecified atom stereocenters. The minimum absolute atomic E-state index is 0.933. The number of rotatable bonds is 13. The summed E-state index contributed by atoms with van der Waals surface area (Å²) in [5.41, 5.74) is 8.35. The van der Waals surface area contributed by atoms with Crippen LogP contribution in [0.15, 0.2) is 243 Å². The third kappa shape index (κ3) is 8.30. The molecule has 10 aromatic carbocycles. The molecule has 0 nitrogen and oxygen atoms in total. The highest BCUT2D eigenvalue weighted by Crippen LogP contribution is 2.48. The Labute approximate surface area is 369 Å². The molecule has 0 spiro atoms. The first-order valence-electron chi connectivity index (χ1n) is 21.8. The smallest absolute Gasteiger partial charge is 0.000595 e. The van der Waals surface area contributed by atoms with Crippen LogP contribution in [-0.4, -0.2) is 0 Å². The molecule has 10 rings (SSSR count). The molecule has 0 aliphatic carbocycles. The highest BCUT2D eigenvalue weighted by Gasteiger charge is 2.31. The van der Waals surface area contributed by atoms with E-state index < -0.39 is 15.8 Å². The van der Waals surface area contributed by atoms with E-state index in [4.69, 9.17) is 0 Å². The first-order chi connectivity index (χ1) is 30.8. The normalized spacial score (nSPS) is 11.5. The van der Waals surface area contributed by atoms with Gasteiger partial charge in [0.15, 0.2) is 0 Å². The average Bonchev–Trinajstić information content (AvgIpc) is 3.35. The van der Waals surface area contributed by atoms with Crippen LogP contribution in [0.5, 0.6) is 0 Å². The number of hydrogen-bond acceptors (Lipinski definition) is 0. The molecule has 0 aliphatic rings. The van der Waals surface area contributed by atoms with Gasteiger partial charge < -0.3 is 0 Å². The molecule has 0 saturated carbocycles. The van der Waals surface area contributed by atoms with E-state index in [0.29, 0.717) is 0 Å². The molecule has 0 aromatic heterocycles. The standard InChI is InChI=1S/C60H48P2/c1-7-23-45(24-8-1)39-41-49-43-47-27-19-21-37-55(47)57(59(49)61(51-29-11-3-12-30-51)52-31-13-4-14-32-52)58-56-38-22-20-28-48(56)44-50(42-40-46-25-9-2-10-26-46)60(58)62(53-33-15-5-16-34-53)54-35-17-6-18-36-54/h1-38,43-44H,39-42H2. The fourth-order valence-corrected chi connectivity index (χ4v) is 14.5. The summed E-state index contributed by atoms with van der Waals surface area (Å²) in [5.74, 6) is 0. The van der Waals surface area contributed by atoms with E-state index in [0.717, 1.165) is 25.7 Å². The van der Waals surface area contributed by atoms with Gasteiger partial charge in [-0.2, -0.15) is 0 Å². The molecule has 10 aromatic rings. The van der Waals surface area contributed by atoms with Gasteiger partial charge in [-0.3, -0.25) is 0 Å². The van der Waals surface area contributed by atoms with Crippen molar-refractivity contribution in [2.75, 3.05) is 0 Å². The number of benzene rings is 10. The Morgan fingerprint density at radius 3 is 0.855 bits per heavy atom. The first-order valence-corrected chi connectivity index (χ1v) is 24.5. The van der Waals surface area contributed by atoms with Crippen molar-refractivity contribution < 1.29 is 0 Å².